The van der Waals surface area contributed by atoms with Crippen LogP contribution < -0.4 is 16.6 Å². The van der Waals surface area contributed by atoms with Crippen molar-refractivity contribution in [2.24, 2.45) is 5.84 Å². The minimum Gasteiger partial charge on any atom is -0.377 e. The fourth-order valence-electron chi connectivity index (χ4n) is 2.07. The molecule has 0 amide bonds. The van der Waals surface area contributed by atoms with Gasteiger partial charge in [0, 0.05) is 18.1 Å². The summed E-state index contributed by atoms with van der Waals surface area (Å²) in [6.45, 7) is 6.43. The molecule has 8 heteroatoms. The standard InChI is InChI=1S/C13H20N6OS/c1-7-13(21-9(3)15-7)8(2)16-10-5-11(19-14)18-12(17-10)6-20-4/h5,8H,6,14H2,1-4H3,(H2,16,17,18,19). The molecule has 2 heterocycles. The first-order valence-corrected chi connectivity index (χ1v) is 7.39. The monoisotopic (exact) mass is 308 g/mol. The molecule has 0 spiro atoms. The quantitative estimate of drug-likeness (QED) is 0.555. The predicted molar refractivity (Wildman–Crippen MR) is 84.2 cm³/mol. The number of aryl methyl sites for hydroxylation is 2. The fourth-order valence-corrected chi connectivity index (χ4v) is 3.00. The Kier molecular flexibility index (Phi) is 5.05. The molecule has 114 valence electrons. The molecule has 2 rings (SSSR count). The molecule has 0 bridgehead atoms. The van der Waals surface area contributed by atoms with Gasteiger partial charge in [0.25, 0.3) is 0 Å². The number of hydrazine groups is 1. The zero-order valence-corrected chi connectivity index (χ0v) is 13.4. The van der Waals surface area contributed by atoms with E-state index in [1.54, 1.807) is 24.5 Å². The van der Waals surface area contributed by atoms with E-state index in [4.69, 9.17) is 10.6 Å². The highest BCUT2D eigenvalue weighted by Crippen LogP contribution is 2.27. The summed E-state index contributed by atoms with van der Waals surface area (Å²) in [6, 6.07) is 1.87. The molecule has 0 aromatic carbocycles. The number of hydrogen-bond acceptors (Lipinski definition) is 8. The van der Waals surface area contributed by atoms with Crippen LogP contribution in [0.3, 0.4) is 0 Å². The van der Waals surface area contributed by atoms with Crippen LogP contribution in [-0.4, -0.2) is 22.1 Å². The zero-order chi connectivity index (χ0) is 15.4. The lowest BCUT2D eigenvalue weighted by atomic mass is 10.2. The summed E-state index contributed by atoms with van der Waals surface area (Å²) in [4.78, 5) is 14.3. The Labute approximate surface area is 128 Å². The number of methoxy groups -OCH3 is 1. The van der Waals surface area contributed by atoms with Crippen LogP contribution in [0, 0.1) is 13.8 Å². The van der Waals surface area contributed by atoms with Crippen molar-refractivity contribution in [1.82, 2.24) is 15.0 Å². The Morgan fingerprint density at radius 2 is 2.00 bits per heavy atom. The van der Waals surface area contributed by atoms with Gasteiger partial charge in [0.1, 0.15) is 18.2 Å². The average Bonchev–Trinajstić information content (AvgIpc) is 2.78. The van der Waals surface area contributed by atoms with E-state index in [-0.39, 0.29) is 6.04 Å². The Morgan fingerprint density at radius 3 is 2.57 bits per heavy atom. The largest absolute Gasteiger partial charge is 0.377 e. The number of rotatable bonds is 6. The summed E-state index contributed by atoms with van der Waals surface area (Å²) in [6.07, 6.45) is 0. The van der Waals surface area contributed by atoms with Crippen LogP contribution in [0.25, 0.3) is 0 Å². The number of nitrogens with one attached hydrogen (secondary N) is 2. The zero-order valence-electron chi connectivity index (χ0n) is 12.6. The van der Waals surface area contributed by atoms with Crippen molar-refractivity contribution in [3.63, 3.8) is 0 Å². The Hall–Kier alpha value is -1.77. The van der Waals surface area contributed by atoms with Gasteiger partial charge in [-0.25, -0.2) is 20.8 Å². The third-order valence-electron chi connectivity index (χ3n) is 2.89. The summed E-state index contributed by atoms with van der Waals surface area (Å²) in [7, 11) is 1.60. The molecule has 0 radical (unpaired) electrons. The van der Waals surface area contributed by atoms with Crippen LogP contribution in [0.1, 0.15) is 34.4 Å². The van der Waals surface area contributed by atoms with Crippen LogP contribution in [0.5, 0.6) is 0 Å². The number of aromatic nitrogens is 3. The maximum atomic E-state index is 5.44. The molecule has 0 aliphatic carbocycles. The molecule has 1 atom stereocenters. The van der Waals surface area contributed by atoms with Crippen LogP contribution >= 0.6 is 11.3 Å². The minimum atomic E-state index is 0.104. The van der Waals surface area contributed by atoms with Gasteiger partial charge in [-0.3, -0.25) is 0 Å². The van der Waals surface area contributed by atoms with Crippen molar-refractivity contribution in [2.75, 3.05) is 17.9 Å². The molecule has 0 fully saturated rings. The normalized spacial score (nSPS) is 12.2. The van der Waals surface area contributed by atoms with E-state index in [9.17, 15) is 0 Å². The highest BCUT2D eigenvalue weighted by atomic mass is 32.1. The molecule has 0 aliphatic heterocycles. The third kappa shape index (κ3) is 3.87. The lowest BCUT2D eigenvalue weighted by Crippen LogP contribution is -2.14. The maximum absolute atomic E-state index is 5.44. The van der Waals surface area contributed by atoms with Crippen molar-refractivity contribution >= 4 is 23.0 Å². The first-order chi connectivity index (χ1) is 10.0. The van der Waals surface area contributed by atoms with Crippen LogP contribution in [0.4, 0.5) is 11.6 Å². The number of ether oxygens (including phenoxy) is 1. The van der Waals surface area contributed by atoms with Gasteiger partial charge >= 0.3 is 0 Å². The average molecular weight is 308 g/mol. The summed E-state index contributed by atoms with van der Waals surface area (Å²) >= 11 is 1.68. The van der Waals surface area contributed by atoms with Gasteiger partial charge < -0.3 is 15.5 Å². The fraction of sp³-hybridized carbons (Fsp3) is 0.462. The van der Waals surface area contributed by atoms with E-state index >= 15 is 0 Å². The number of anilines is 2. The van der Waals surface area contributed by atoms with Gasteiger partial charge in [0.2, 0.25) is 0 Å². The molecule has 21 heavy (non-hydrogen) atoms. The highest BCUT2D eigenvalue weighted by Gasteiger charge is 2.14. The van der Waals surface area contributed by atoms with Gasteiger partial charge in [-0.05, 0) is 20.8 Å². The van der Waals surface area contributed by atoms with Crippen LogP contribution in [0.2, 0.25) is 0 Å². The van der Waals surface area contributed by atoms with Crippen molar-refractivity contribution in [3.05, 3.63) is 27.5 Å². The SMILES string of the molecule is COCc1nc(NN)cc(NC(C)c2sc(C)nc2C)n1. The second-order valence-corrected chi connectivity index (χ2v) is 5.92. The Morgan fingerprint density at radius 1 is 1.29 bits per heavy atom. The second kappa shape index (κ2) is 6.79. The summed E-state index contributed by atoms with van der Waals surface area (Å²) in [5, 5.41) is 4.41. The van der Waals surface area contributed by atoms with E-state index in [1.807, 2.05) is 13.8 Å². The molecule has 1 unspecified atom stereocenters. The molecule has 4 N–H and O–H groups in total. The minimum absolute atomic E-state index is 0.104. The van der Waals surface area contributed by atoms with Crippen molar-refractivity contribution in [1.29, 1.82) is 0 Å². The number of nitrogens with zero attached hydrogens (tertiary/aromatic N) is 3. The lowest BCUT2D eigenvalue weighted by molar-refractivity contribution is 0.178. The highest BCUT2D eigenvalue weighted by molar-refractivity contribution is 7.11. The van der Waals surface area contributed by atoms with Gasteiger partial charge in [-0.1, -0.05) is 0 Å². The Bertz CT molecular complexity index is 615. The van der Waals surface area contributed by atoms with E-state index in [2.05, 4.69) is 32.6 Å². The van der Waals surface area contributed by atoms with Crippen molar-refractivity contribution in [3.8, 4) is 0 Å². The number of hydrogen-bond donors (Lipinski definition) is 3. The summed E-state index contributed by atoms with van der Waals surface area (Å²) in [5.74, 6) is 7.25. The number of nitrogens with two attached hydrogens (primary N) is 1. The van der Waals surface area contributed by atoms with Gasteiger partial charge in [-0.15, -0.1) is 11.3 Å². The van der Waals surface area contributed by atoms with Crippen LogP contribution in [0.15, 0.2) is 6.07 Å². The van der Waals surface area contributed by atoms with E-state index < -0.39 is 0 Å². The first-order valence-electron chi connectivity index (χ1n) is 6.57. The molecule has 2 aromatic rings. The Balaban J connectivity index is 2.21. The second-order valence-electron chi connectivity index (χ2n) is 4.68. The first kappa shape index (κ1) is 15.6. The number of thiazole rings is 1. The summed E-state index contributed by atoms with van der Waals surface area (Å²) in [5.41, 5.74) is 3.58. The summed E-state index contributed by atoms with van der Waals surface area (Å²) < 4.78 is 5.07. The van der Waals surface area contributed by atoms with Gasteiger partial charge in [-0.2, -0.15) is 0 Å². The smallest absolute Gasteiger partial charge is 0.158 e. The molecule has 0 saturated heterocycles. The third-order valence-corrected chi connectivity index (χ3v) is 4.15. The maximum Gasteiger partial charge on any atom is 0.158 e. The predicted octanol–water partition coefficient (Wildman–Crippen LogP) is 2.16. The van der Waals surface area contributed by atoms with Gasteiger partial charge in [0.15, 0.2) is 5.82 Å². The topological polar surface area (TPSA) is 98.0 Å². The molecule has 0 saturated carbocycles. The van der Waals surface area contributed by atoms with E-state index in [0.29, 0.717) is 24.1 Å². The van der Waals surface area contributed by atoms with Crippen molar-refractivity contribution < 1.29 is 4.74 Å². The lowest BCUT2D eigenvalue weighted by Gasteiger charge is -2.15. The molecular formula is C13H20N6OS. The van der Waals surface area contributed by atoms with Crippen molar-refractivity contribution in [2.45, 2.75) is 33.4 Å². The molecule has 2 aromatic heterocycles. The van der Waals surface area contributed by atoms with Crippen LogP contribution in [-0.2, 0) is 11.3 Å². The van der Waals surface area contributed by atoms with E-state index in [1.165, 1.54) is 4.88 Å². The number of nitrogen functional groups attached to an aromatic ring is 1. The van der Waals surface area contributed by atoms with Gasteiger partial charge in [0.05, 0.1) is 16.7 Å². The molecule has 7 nitrogen and oxygen atoms in total. The molecule has 0 aliphatic rings. The van der Waals surface area contributed by atoms with E-state index in [0.717, 1.165) is 10.7 Å². The molecular weight excluding hydrogens is 288 g/mol.